The molecule has 34 heavy (non-hydrogen) atoms. The van der Waals surface area contributed by atoms with Gasteiger partial charge in [-0.25, -0.2) is 0 Å². The molecule has 1 N–H and O–H groups in total. The van der Waals surface area contributed by atoms with Crippen molar-refractivity contribution in [3.8, 4) is 5.75 Å². The van der Waals surface area contributed by atoms with E-state index in [0.717, 1.165) is 54.1 Å². The highest BCUT2D eigenvalue weighted by Gasteiger charge is 2.51. The molecule has 2 unspecified atom stereocenters. The minimum absolute atomic E-state index is 0.0436. The first-order valence-electron chi connectivity index (χ1n) is 12.1. The Hall–Kier alpha value is -3.15. The van der Waals surface area contributed by atoms with Crippen molar-refractivity contribution in [2.45, 2.75) is 43.9 Å². The number of piperidine rings is 1. The van der Waals surface area contributed by atoms with E-state index in [0.29, 0.717) is 6.61 Å². The third-order valence-electron chi connectivity index (χ3n) is 7.65. The Balaban J connectivity index is 1.21. The van der Waals surface area contributed by atoms with Gasteiger partial charge in [-0.2, -0.15) is 0 Å². The minimum atomic E-state index is -0.605. The molecule has 0 bridgehead atoms. The Kier molecular flexibility index (Phi) is 6.15. The fourth-order valence-corrected chi connectivity index (χ4v) is 5.49. The van der Waals surface area contributed by atoms with Gasteiger partial charge in [0.25, 0.3) is 0 Å². The molecule has 0 radical (unpaired) electrons. The number of aliphatic hydroxyl groups excluding tert-OH is 1. The van der Waals surface area contributed by atoms with Crippen LogP contribution in [0, 0.1) is 0 Å². The Morgan fingerprint density at radius 1 is 0.941 bits per heavy atom. The lowest BCUT2D eigenvalue weighted by Crippen LogP contribution is -2.51. The number of amides is 1. The summed E-state index contributed by atoms with van der Waals surface area (Å²) in [5.41, 5.74) is 3.76. The number of nitrogens with zero attached hydrogens (tertiary/aromatic N) is 2. The number of likely N-dealkylation sites (N-methyl/N-ethyl adjacent to an activating group) is 1. The molecule has 3 aromatic rings. The van der Waals surface area contributed by atoms with E-state index in [2.05, 4.69) is 17.9 Å². The summed E-state index contributed by atoms with van der Waals surface area (Å²) in [6, 6.07) is 25.9. The monoisotopic (exact) mass is 456 g/mol. The van der Waals surface area contributed by atoms with E-state index in [1.165, 1.54) is 0 Å². The molecule has 2 heterocycles. The number of para-hydroxylation sites is 1. The van der Waals surface area contributed by atoms with Crippen LogP contribution in [0.15, 0.2) is 78.9 Å². The van der Waals surface area contributed by atoms with Gasteiger partial charge in [-0.3, -0.25) is 9.69 Å². The SMILES string of the molecule is CC(C(O)c1ccc(OCc2ccccc2)cc1)N1CCC2(CC1)C(=O)N(C)c1ccccc12. The number of benzene rings is 3. The van der Waals surface area contributed by atoms with Crippen LogP contribution in [-0.2, 0) is 16.8 Å². The number of rotatable bonds is 6. The molecule has 1 saturated heterocycles. The Labute approximate surface area is 201 Å². The van der Waals surface area contributed by atoms with Crippen LogP contribution in [0.25, 0.3) is 0 Å². The zero-order valence-electron chi connectivity index (χ0n) is 19.9. The normalized spacial score (nSPS) is 19.1. The lowest BCUT2D eigenvalue weighted by atomic mass is 9.73. The zero-order valence-corrected chi connectivity index (χ0v) is 19.9. The van der Waals surface area contributed by atoms with E-state index in [1.807, 2.05) is 84.7 Å². The summed E-state index contributed by atoms with van der Waals surface area (Å²) in [6.07, 6.45) is 0.944. The van der Waals surface area contributed by atoms with E-state index >= 15 is 0 Å². The standard InChI is InChI=1S/C29H32N2O3/c1-21(27(32)23-12-14-24(15-13-23)34-20-22-8-4-3-5-9-22)31-18-16-29(17-19-31)25-10-6-7-11-26(25)30(2)28(29)33/h3-15,21,27,32H,16-20H2,1-2H3. The highest BCUT2D eigenvalue weighted by Crippen LogP contribution is 2.47. The smallest absolute Gasteiger partial charge is 0.237 e. The Morgan fingerprint density at radius 2 is 1.59 bits per heavy atom. The molecule has 0 aliphatic carbocycles. The van der Waals surface area contributed by atoms with Gasteiger partial charge in [-0.15, -0.1) is 0 Å². The van der Waals surface area contributed by atoms with E-state index < -0.39 is 11.5 Å². The maximum atomic E-state index is 13.2. The van der Waals surface area contributed by atoms with Crippen molar-refractivity contribution >= 4 is 11.6 Å². The van der Waals surface area contributed by atoms with Crippen molar-refractivity contribution in [1.29, 1.82) is 0 Å². The number of carbonyl (C=O) groups is 1. The van der Waals surface area contributed by atoms with Crippen molar-refractivity contribution in [2.24, 2.45) is 0 Å². The molecule has 2 atom stereocenters. The molecule has 2 aliphatic rings. The predicted molar refractivity (Wildman–Crippen MR) is 134 cm³/mol. The second-order valence-corrected chi connectivity index (χ2v) is 9.53. The molecule has 5 nitrogen and oxygen atoms in total. The van der Waals surface area contributed by atoms with Crippen LogP contribution < -0.4 is 9.64 Å². The molecule has 176 valence electrons. The lowest BCUT2D eigenvalue weighted by Gasteiger charge is -2.42. The summed E-state index contributed by atoms with van der Waals surface area (Å²) in [7, 11) is 1.88. The number of likely N-dealkylation sites (tertiary alicyclic amines) is 1. The highest BCUT2D eigenvalue weighted by atomic mass is 16.5. The van der Waals surface area contributed by atoms with Crippen LogP contribution in [0.1, 0.15) is 42.6 Å². The van der Waals surface area contributed by atoms with Gasteiger partial charge in [-0.05, 0) is 67.7 Å². The molecular weight excluding hydrogens is 424 g/mol. The maximum Gasteiger partial charge on any atom is 0.237 e. The summed E-state index contributed by atoms with van der Waals surface area (Å²) < 4.78 is 5.88. The summed E-state index contributed by atoms with van der Waals surface area (Å²) in [5, 5.41) is 11.1. The summed E-state index contributed by atoms with van der Waals surface area (Å²) in [5.74, 6) is 0.988. The van der Waals surface area contributed by atoms with Crippen LogP contribution >= 0.6 is 0 Å². The quantitative estimate of drug-likeness (QED) is 0.584. The number of ether oxygens (including phenoxy) is 1. The largest absolute Gasteiger partial charge is 0.489 e. The molecule has 5 heteroatoms. The van der Waals surface area contributed by atoms with Crippen LogP contribution in [0.3, 0.4) is 0 Å². The van der Waals surface area contributed by atoms with E-state index in [1.54, 1.807) is 0 Å². The fraction of sp³-hybridized carbons (Fsp3) is 0.345. The first kappa shape index (κ1) is 22.6. The molecule has 1 amide bonds. The van der Waals surface area contributed by atoms with Gasteiger partial charge in [0.1, 0.15) is 12.4 Å². The summed E-state index contributed by atoms with van der Waals surface area (Å²) in [4.78, 5) is 17.3. The topological polar surface area (TPSA) is 53.0 Å². The van der Waals surface area contributed by atoms with Crippen LogP contribution in [0.4, 0.5) is 5.69 Å². The third kappa shape index (κ3) is 3.99. The number of anilines is 1. The number of carbonyl (C=O) groups excluding carboxylic acids is 1. The molecule has 5 rings (SSSR count). The molecule has 0 saturated carbocycles. The van der Waals surface area contributed by atoms with E-state index in [4.69, 9.17) is 4.74 Å². The first-order chi connectivity index (χ1) is 16.5. The predicted octanol–water partition coefficient (Wildman–Crippen LogP) is 4.70. The zero-order chi connectivity index (χ0) is 23.7. The lowest BCUT2D eigenvalue weighted by molar-refractivity contribution is -0.125. The second kappa shape index (κ2) is 9.24. The Bertz CT molecular complexity index is 1140. The van der Waals surface area contributed by atoms with Crippen molar-refractivity contribution < 1.29 is 14.6 Å². The van der Waals surface area contributed by atoms with Crippen molar-refractivity contribution in [2.75, 3.05) is 25.0 Å². The second-order valence-electron chi connectivity index (χ2n) is 9.53. The van der Waals surface area contributed by atoms with Gasteiger partial charge in [0.2, 0.25) is 5.91 Å². The molecule has 1 fully saturated rings. The van der Waals surface area contributed by atoms with E-state index in [9.17, 15) is 9.90 Å². The minimum Gasteiger partial charge on any atom is -0.489 e. The molecule has 3 aromatic carbocycles. The van der Waals surface area contributed by atoms with Crippen molar-refractivity contribution in [3.63, 3.8) is 0 Å². The summed E-state index contributed by atoms with van der Waals surface area (Å²) in [6.45, 7) is 4.15. The van der Waals surface area contributed by atoms with Gasteiger partial charge in [0.15, 0.2) is 0 Å². The highest BCUT2D eigenvalue weighted by molar-refractivity contribution is 6.07. The van der Waals surface area contributed by atoms with Crippen molar-refractivity contribution in [3.05, 3.63) is 95.6 Å². The van der Waals surface area contributed by atoms with Gasteiger partial charge in [0.05, 0.1) is 11.5 Å². The van der Waals surface area contributed by atoms with Gasteiger partial charge < -0.3 is 14.7 Å². The molecule has 0 aromatic heterocycles. The number of hydrogen-bond acceptors (Lipinski definition) is 4. The molecule has 1 spiro atoms. The fourth-order valence-electron chi connectivity index (χ4n) is 5.49. The van der Waals surface area contributed by atoms with Gasteiger partial charge in [-0.1, -0.05) is 60.7 Å². The van der Waals surface area contributed by atoms with Crippen LogP contribution in [0.5, 0.6) is 5.75 Å². The van der Waals surface area contributed by atoms with Crippen LogP contribution in [-0.4, -0.2) is 42.1 Å². The number of aliphatic hydroxyl groups is 1. The van der Waals surface area contributed by atoms with Crippen molar-refractivity contribution in [1.82, 2.24) is 4.90 Å². The molecular formula is C29H32N2O3. The van der Waals surface area contributed by atoms with Gasteiger partial charge >= 0.3 is 0 Å². The van der Waals surface area contributed by atoms with E-state index in [-0.39, 0.29) is 11.9 Å². The molecule has 2 aliphatic heterocycles. The first-order valence-corrected chi connectivity index (χ1v) is 12.1. The maximum absolute atomic E-state index is 13.2. The third-order valence-corrected chi connectivity index (χ3v) is 7.65. The number of fused-ring (bicyclic) bond motifs is 2. The van der Waals surface area contributed by atoms with Gasteiger partial charge in [0, 0.05) is 18.8 Å². The average molecular weight is 457 g/mol. The summed E-state index contributed by atoms with van der Waals surface area (Å²) >= 11 is 0. The number of hydrogen-bond donors (Lipinski definition) is 1. The average Bonchev–Trinajstić information content (AvgIpc) is 3.10. The Morgan fingerprint density at radius 3 is 2.29 bits per heavy atom. The van der Waals surface area contributed by atoms with Crippen LogP contribution in [0.2, 0.25) is 0 Å².